The minimum atomic E-state index is -0.260. The van der Waals surface area contributed by atoms with Gasteiger partial charge in [-0.3, -0.25) is 9.59 Å². The zero-order valence-electron chi connectivity index (χ0n) is 11.4. The summed E-state index contributed by atoms with van der Waals surface area (Å²) in [7, 11) is 0. The first kappa shape index (κ1) is 13.3. The number of aryl methyl sites for hydroxylation is 1. The lowest BCUT2D eigenvalue weighted by molar-refractivity contribution is 0.0887. The minimum absolute atomic E-state index is 0.181. The second kappa shape index (κ2) is 4.88. The molecule has 0 amide bonds. The maximum Gasteiger partial charge on any atom is 0.260 e. The molecule has 2 N–H and O–H groups in total. The third-order valence-corrected chi connectivity index (χ3v) is 3.04. The van der Waals surface area contributed by atoms with Gasteiger partial charge >= 0.3 is 0 Å². The molecule has 0 spiro atoms. The van der Waals surface area contributed by atoms with Crippen molar-refractivity contribution in [2.45, 2.75) is 27.2 Å². The summed E-state index contributed by atoms with van der Waals surface area (Å²) in [5.74, 6) is 0.0234. The highest BCUT2D eigenvalue weighted by atomic mass is 16.2. The molecule has 0 aliphatic rings. The molecule has 1 aromatic carbocycles. The summed E-state index contributed by atoms with van der Waals surface area (Å²) in [4.78, 5) is 24.5. The van der Waals surface area contributed by atoms with Crippen molar-refractivity contribution in [1.29, 1.82) is 0 Å². The average Bonchev–Trinajstić information content (AvgIpc) is 2.30. The molecule has 0 aliphatic heterocycles. The van der Waals surface area contributed by atoms with Crippen molar-refractivity contribution in [3.8, 4) is 0 Å². The van der Waals surface area contributed by atoms with Gasteiger partial charge in [-0.05, 0) is 36.4 Å². The predicted octanol–water partition coefficient (Wildman–Crippen LogP) is 2.58. The van der Waals surface area contributed by atoms with E-state index in [1.165, 1.54) is 4.57 Å². The highest BCUT2D eigenvalue weighted by Gasteiger charge is 2.14. The Kier molecular flexibility index (Phi) is 3.42. The molecule has 100 valence electrons. The lowest BCUT2D eigenvalue weighted by Crippen LogP contribution is -2.29. The van der Waals surface area contributed by atoms with E-state index < -0.39 is 0 Å². The Labute approximate surface area is 111 Å². The van der Waals surface area contributed by atoms with Crippen LogP contribution >= 0.6 is 0 Å². The van der Waals surface area contributed by atoms with Crippen LogP contribution in [0.15, 0.2) is 29.1 Å². The van der Waals surface area contributed by atoms with Gasteiger partial charge in [0, 0.05) is 17.7 Å². The molecule has 0 unspecified atom stereocenters. The van der Waals surface area contributed by atoms with Gasteiger partial charge in [0.15, 0.2) is 0 Å². The van der Waals surface area contributed by atoms with Gasteiger partial charge in [0.25, 0.3) is 5.56 Å². The Hall–Kier alpha value is -2.10. The zero-order valence-corrected chi connectivity index (χ0v) is 11.4. The standard InChI is InChI=1S/C15H18N2O2/c1-9(2)6-14(18)17-13-8-12(16)5-4-11(13)7-10(3)15(17)19/h4-5,7-9H,6,16H2,1-3H3. The normalized spacial score (nSPS) is 11.2. The van der Waals surface area contributed by atoms with Crippen molar-refractivity contribution in [3.63, 3.8) is 0 Å². The van der Waals surface area contributed by atoms with Crippen molar-refractivity contribution < 1.29 is 4.79 Å². The first-order valence-corrected chi connectivity index (χ1v) is 6.35. The number of benzene rings is 1. The van der Waals surface area contributed by atoms with E-state index in [0.29, 0.717) is 23.2 Å². The fraction of sp³-hybridized carbons (Fsp3) is 0.333. The molecule has 2 rings (SSSR count). The molecular formula is C15H18N2O2. The molecule has 0 aliphatic carbocycles. The highest BCUT2D eigenvalue weighted by molar-refractivity contribution is 5.93. The van der Waals surface area contributed by atoms with Gasteiger partial charge in [0.2, 0.25) is 5.91 Å². The molecule has 1 aromatic heterocycles. The quantitative estimate of drug-likeness (QED) is 0.842. The number of nitrogens with two attached hydrogens (primary N) is 1. The molecule has 1 heterocycles. The van der Waals surface area contributed by atoms with Crippen LogP contribution in [0.25, 0.3) is 10.9 Å². The van der Waals surface area contributed by atoms with E-state index >= 15 is 0 Å². The maximum atomic E-state index is 12.3. The lowest BCUT2D eigenvalue weighted by atomic mass is 10.1. The lowest BCUT2D eigenvalue weighted by Gasteiger charge is -2.12. The van der Waals surface area contributed by atoms with Crippen LogP contribution in [-0.4, -0.2) is 10.5 Å². The summed E-state index contributed by atoms with van der Waals surface area (Å²) in [6.07, 6.45) is 0.341. The molecule has 4 heteroatoms. The number of carbonyl (C=O) groups excluding carboxylic acids is 1. The van der Waals surface area contributed by atoms with Gasteiger partial charge in [0.1, 0.15) is 0 Å². The summed E-state index contributed by atoms with van der Waals surface area (Å²) in [6.45, 7) is 5.63. The van der Waals surface area contributed by atoms with Gasteiger partial charge < -0.3 is 5.73 Å². The van der Waals surface area contributed by atoms with Crippen molar-refractivity contribution in [2.75, 3.05) is 5.73 Å². The van der Waals surface area contributed by atoms with Crippen LogP contribution in [0.5, 0.6) is 0 Å². The number of hydrogen-bond acceptors (Lipinski definition) is 3. The van der Waals surface area contributed by atoms with E-state index in [-0.39, 0.29) is 17.4 Å². The van der Waals surface area contributed by atoms with Crippen molar-refractivity contribution in [2.24, 2.45) is 5.92 Å². The Bertz CT molecular complexity index is 699. The molecule has 0 radical (unpaired) electrons. The molecule has 0 saturated heterocycles. The summed E-state index contributed by atoms with van der Waals surface area (Å²) in [6, 6.07) is 7.06. The second-order valence-corrected chi connectivity index (χ2v) is 5.28. The first-order valence-electron chi connectivity index (χ1n) is 6.35. The molecule has 19 heavy (non-hydrogen) atoms. The monoisotopic (exact) mass is 258 g/mol. The number of nitrogen functional groups attached to an aromatic ring is 1. The van der Waals surface area contributed by atoms with Gasteiger partial charge in [-0.2, -0.15) is 0 Å². The van der Waals surface area contributed by atoms with Crippen molar-refractivity contribution in [3.05, 3.63) is 40.2 Å². The largest absolute Gasteiger partial charge is 0.399 e. The highest BCUT2D eigenvalue weighted by Crippen LogP contribution is 2.18. The van der Waals surface area contributed by atoms with Gasteiger partial charge in [-0.1, -0.05) is 19.9 Å². The number of hydrogen-bond donors (Lipinski definition) is 1. The maximum absolute atomic E-state index is 12.3. The van der Waals surface area contributed by atoms with Gasteiger partial charge in [-0.25, -0.2) is 4.57 Å². The Balaban J connectivity index is 2.76. The first-order chi connectivity index (χ1) is 8.90. The number of fused-ring (bicyclic) bond motifs is 1. The molecule has 0 bridgehead atoms. The van der Waals surface area contributed by atoms with Crippen LogP contribution in [0.2, 0.25) is 0 Å². The van der Waals surface area contributed by atoms with Gasteiger partial charge in [0.05, 0.1) is 5.52 Å². The van der Waals surface area contributed by atoms with E-state index in [1.807, 2.05) is 19.9 Å². The number of aromatic nitrogens is 1. The Morgan fingerprint density at radius 3 is 2.63 bits per heavy atom. The Morgan fingerprint density at radius 1 is 1.32 bits per heavy atom. The third-order valence-electron chi connectivity index (χ3n) is 3.04. The number of rotatable bonds is 2. The van der Waals surface area contributed by atoms with Crippen LogP contribution in [0, 0.1) is 12.8 Å². The fourth-order valence-electron chi connectivity index (χ4n) is 2.15. The summed E-state index contributed by atoms with van der Waals surface area (Å²) in [5.41, 5.74) is 7.19. The van der Waals surface area contributed by atoms with Crippen LogP contribution < -0.4 is 11.3 Å². The van der Waals surface area contributed by atoms with E-state index in [4.69, 9.17) is 5.73 Å². The van der Waals surface area contributed by atoms with Crippen molar-refractivity contribution >= 4 is 22.5 Å². The molecule has 4 nitrogen and oxygen atoms in total. The molecule has 2 aromatic rings. The van der Waals surface area contributed by atoms with Crippen LogP contribution in [0.1, 0.15) is 30.6 Å². The van der Waals surface area contributed by atoms with E-state index in [0.717, 1.165) is 5.39 Å². The summed E-state index contributed by atoms with van der Waals surface area (Å²) >= 11 is 0. The molecular weight excluding hydrogens is 240 g/mol. The second-order valence-electron chi connectivity index (χ2n) is 5.28. The average molecular weight is 258 g/mol. The fourth-order valence-corrected chi connectivity index (χ4v) is 2.15. The van der Waals surface area contributed by atoms with Crippen LogP contribution in [0.4, 0.5) is 5.69 Å². The molecule has 0 fully saturated rings. The summed E-state index contributed by atoms with van der Waals surface area (Å²) < 4.78 is 1.25. The minimum Gasteiger partial charge on any atom is -0.399 e. The predicted molar refractivity (Wildman–Crippen MR) is 77.4 cm³/mol. The topological polar surface area (TPSA) is 65.1 Å². The van der Waals surface area contributed by atoms with Crippen LogP contribution in [-0.2, 0) is 0 Å². The van der Waals surface area contributed by atoms with Crippen LogP contribution in [0.3, 0.4) is 0 Å². The number of anilines is 1. The third kappa shape index (κ3) is 2.52. The number of nitrogens with zero attached hydrogens (tertiary/aromatic N) is 1. The Morgan fingerprint density at radius 2 is 2.00 bits per heavy atom. The SMILES string of the molecule is Cc1cc2ccc(N)cc2n(C(=O)CC(C)C)c1=O. The van der Waals surface area contributed by atoms with Crippen molar-refractivity contribution in [1.82, 2.24) is 4.57 Å². The molecule has 0 saturated carbocycles. The number of pyridine rings is 1. The summed E-state index contributed by atoms with van der Waals surface area (Å²) in [5, 5.41) is 0.850. The van der Waals surface area contributed by atoms with Gasteiger partial charge in [-0.15, -0.1) is 0 Å². The van der Waals surface area contributed by atoms with E-state index in [9.17, 15) is 9.59 Å². The van der Waals surface area contributed by atoms with E-state index in [2.05, 4.69) is 0 Å². The zero-order chi connectivity index (χ0) is 14.2. The molecule has 0 atom stereocenters. The smallest absolute Gasteiger partial charge is 0.260 e. The number of carbonyl (C=O) groups is 1. The van der Waals surface area contributed by atoms with E-state index in [1.54, 1.807) is 25.1 Å².